The van der Waals surface area contributed by atoms with Crippen LogP contribution in [0, 0.1) is 11.3 Å². The molecular formula is C17H31N3. The summed E-state index contributed by atoms with van der Waals surface area (Å²) in [6, 6.07) is 2.91. The molecule has 114 valence electrons. The first-order chi connectivity index (χ1) is 9.51. The number of aryl methyl sites for hydroxylation is 2. The normalized spacial score (nSPS) is 21.9. The number of rotatable bonds is 8. The van der Waals surface area contributed by atoms with E-state index < -0.39 is 0 Å². The SMILES string of the molecule is CCCNC(Cc1cc(CC)nn1CC)C1CC1(C)C. The van der Waals surface area contributed by atoms with E-state index in [2.05, 4.69) is 55.8 Å². The van der Waals surface area contributed by atoms with Crippen LogP contribution in [0.15, 0.2) is 6.07 Å². The molecular weight excluding hydrogens is 246 g/mol. The van der Waals surface area contributed by atoms with E-state index in [-0.39, 0.29) is 0 Å². The molecule has 3 heteroatoms. The zero-order chi connectivity index (χ0) is 14.8. The minimum absolute atomic E-state index is 0.524. The molecule has 0 radical (unpaired) electrons. The zero-order valence-electron chi connectivity index (χ0n) is 13.9. The third-order valence-corrected chi connectivity index (χ3v) is 4.74. The second kappa shape index (κ2) is 6.30. The molecule has 2 rings (SSSR count). The van der Waals surface area contributed by atoms with Crippen molar-refractivity contribution in [3.05, 3.63) is 17.5 Å². The predicted molar refractivity (Wildman–Crippen MR) is 85.0 cm³/mol. The Kier molecular flexibility index (Phi) is 4.90. The van der Waals surface area contributed by atoms with Gasteiger partial charge < -0.3 is 5.32 Å². The highest BCUT2D eigenvalue weighted by molar-refractivity contribution is 5.14. The van der Waals surface area contributed by atoms with Crippen LogP contribution in [-0.4, -0.2) is 22.4 Å². The predicted octanol–water partition coefficient (Wildman–Crippen LogP) is 3.42. The third kappa shape index (κ3) is 3.43. The fourth-order valence-electron chi connectivity index (χ4n) is 3.23. The highest BCUT2D eigenvalue weighted by atomic mass is 15.3. The van der Waals surface area contributed by atoms with Gasteiger partial charge in [-0.3, -0.25) is 4.68 Å². The van der Waals surface area contributed by atoms with Gasteiger partial charge in [0.2, 0.25) is 0 Å². The van der Waals surface area contributed by atoms with Gasteiger partial charge in [-0.15, -0.1) is 0 Å². The van der Waals surface area contributed by atoms with Crippen LogP contribution >= 0.6 is 0 Å². The van der Waals surface area contributed by atoms with Crippen molar-refractivity contribution in [3.63, 3.8) is 0 Å². The maximum absolute atomic E-state index is 4.69. The van der Waals surface area contributed by atoms with Crippen molar-refractivity contribution in [2.24, 2.45) is 11.3 Å². The van der Waals surface area contributed by atoms with Gasteiger partial charge in [0.1, 0.15) is 0 Å². The van der Waals surface area contributed by atoms with Crippen molar-refractivity contribution >= 4 is 0 Å². The summed E-state index contributed by atoms with van der Waals surface area (Å²) in [5, 5.41) is 8.46. The fourth-order valence-corrected chi connectivity index (χ4v) is 3.23. The van der Waals surface area contributed by atoms with Gasteiger partial charge in [-0.2, -0.15) is 5.10 Å². The Morgan fingerprint density at radius 3 is 2.60 bits per heavy atom. The van der Waals surface area contributed by atoms with Gasteiger partial charge in [-0.05, 0) is 50.1 Å². The van der Waals surface area contributed by atoms with E-state index in [9.17, 15) is 0 Å². The van der Waals surface area contributed by atoms with E-state index in [1.165, 1.54) is 24.2 Å². The second-order valence-electron chi connectivity index (χ2n) is 6.86. The second-order valence-corrected chi connectivity index (χ2v) is 6.86. The molecule has 0 spiro atoms. The van der Waals surface area contributed by atoms with Crippen molar-refractivity contribution in [1.29, 1.82) is 0 Å². The number of aromatic nitrogens is 2. The van der Waals surface area contributed by atoms with Gasteiger partial charge in [0.15, 0.2) is 0 Å². The molecule has 2 atom stereocenters. The molecule has 1 saturated carbocycles. The number of nitrogens with zero attached hydrogens (tertiary/aromatic N) is 2. The highest BCUT2D eigenvalue weighted by Crippen LogP contribution is 2.54. The lowest BCUT2D eigenvalue weighted by molar-refractivity contribution is 0.393. The minimum Gasteiger partial charge on any atom is -0.313 e. The topological polar surface area (TPSA) is 29.9 Å². The molecule has 0 saturated heterocycles. The summed E-state index contributed by atoms with van der Waals surface area (Å²) < 4.78 is 2.19. The van der Waals surface area contributed by atoms with Crippen LogP contribution in [0.1, 0.15) is 58.8 Å². The summed E-state index contributed by atoms with van der Waals surface area (Å²) in [4.78, 5) is 0. The van der Waals surface area contributed by atoms with E-state index in [4.69, 9.17) is 0 Å². The van der Waals surface area contributed by atoms with Gasteiger partial charge in [0, 0.05) is 24.7 Å². The molecule has 1 aliphatic carbocycles. The lowest BCUT2D eigenvalue weighted by Crippen LogP contribution is -2.35. The molecule has 3 nitrogen and oxygen atoms in total. The summed E-state index contributed by atoms with van der Waals surface area (Å²) in [5.41, 5.74) is 3.16. The lowest BCUT2D eigenvalue weighted by atomic mass is 9.99. The molecule has 1 fully saturated rings. The molecule has 1 N–H and O–H groups in total. The van der Waals surface area contributed by atoms with Crippen LogP contribution in [0.3, 0.4) is 0 Å². The minimum atomic E-state index is 0.524. The van der Waals surface area contributed by atoms with Gasteiger partial charge in [0.05, 0.1) is 5.69 Å². The quantitative estimate of drug-likeness (QED) is 0.789. The number of nitrogens with one attached hydrogen (secondary N) is 1. The van der Waals surface area contributed by atoms with Crippen LogP contribution in [0.4, 0.5) is 0 Å². The molecule has 20 heavy (non-hydrogen) atoms. The van der Waals surface area contributed by atoms with Gasteiger partial charge in [-0.1, -0.05) is 27.7 Å². The van der Waals surface area contributed by atoms with E-state index in [0.29, 0.717) is 11.5 Å². The van der Waals surface area contributed by atoms with Crippen LogP contribution in [-0.2, 0) is 19.4 Å². The summed E-state index contributed by atoms with van der Waals surface area (Å²) in [5.74, 6) is 0.819. The third-order valence-electron chi connectivity index (χ3n) is 4.74. The molecule has 0 aliphatic heterocycles. The largest absolute Gasteiger partial charge is 0.313 e. The van der Waals surface area contributed by atoms with E-state index in [0.717, 1.165) is 31.8 Å². The van der Waals surface area contributed by atoms with E-state index >= 15 is 0 Å². The molecule has 1 aromatic heterocycles. The first-order valence-corrected chi connectivity index (χ1v) is 8.30. The molecule has 1 aliphatic rings. The Bertz CT molecular complexity index is 433. The average molecular weight is 277 g/mol. The summed E-state index contributed by atoms with van der Waals surface area (Å²) >= 11 is 0. The summed E-state index contributed by atoms with van der Waals surface area (Å²) in [7, 11) is 0. The molecule has 1 aromatic rings. The molecule has 0 aromatic carbocycles. The van der Waals surface area contributed by atoms with Crippen molar-refractivity contribution in [2.75, 3.05) is 6.54 Å². The lowest BCUT2D eigenvalue weighted by Gasteiger charge is -2.20. The summed E-state index contributed by atoms with van der Waals surface area (Å²) in [6.45, 7) is 13.5. The van der Waals surface area contributed by atoms with Crippen molar-refractivity contribution in [3.8, 4) is 0 Å². The van der Waals surface area contributed by atoms with Crippen molar-refractivity contribution in [1.82, 2.24) is 15.1 Å². The van der Waals surface area contributed by atoms with Gasteiger partial charge in [0.25, 0.3) is 0 Å². The van der Waals surface area contributed by atoms with Crippen LogP contribution < -0.4 is 5.32 Å². The Morgan fingerprint density at radius 2 is 2.10 bits per heavy atom. The van der Waals surface area contributed by atoms with Gasteiger partial charge in [-0.25, -0.2) is 0 Å². The number of hydrogen-bond acceptors (Lipinski definition) is 2. The first kappa shape index (κ1) is 15.6. The van der Waals surface area contributed by atoms with Crippen LogP contribution in [0.5, 0.6) is 0 Å². The highest BCUT2D eigenvalue weighted by Gasteiger charge is 2.49. The maximum Gasteiger partial charge on any atom is 0.0624 e. The zero-order valence-corrected chi connectivity index (χ0v) is 13.9. The Labute approximate surface area is 124 Å². The molecule has 1 heterocycles. The van der Waals surface area contributed by atoms with Crippen molar-refractivity contribution in [2.45, 2.75) is 72.9 Å². The molecule has 0 amide bonds. The standard InChI is InChI=1S/C17H31N3/c1-6-9-18-16(15-12-17(15,4)5)11-14-10-13(7-2)19-20(14)8-3/h10,15-16,18H,6-9,11-12H2,1-5H3. The molecule has 0 bridgehead atoms. The Morgan fingerprint density at radius 1 is 1.40 bits per heavy atom. The monoisotopic (exact) mass is 277 g/mol. The van der Waals surface area contributed by atoms with E-state index in [1.807, 2.05) is 0 Å². The van der Waals surface area contributed by atoms with Crippen LogP contribution in [0.2, 0.25) is 0 Å². The van der Waals surface area contributed by atoms with Crippen molar-refractivity contribution < 1.29 is 0 Å². The smallest absolute Gasteiger partial charge is 0.0624 e. The maximum atomic E-state index is 4.69. The van der Waals surface area contributed by atoms with E-state index in [1.54, 1.807) is 0 Å². The average Bonchev–Trinajstić information content (AvgIpc) is 2.88. The molecule has 2 unspecified atom stereocenters. The van der Waals surface area contributed by atoms with Gasteiger partial charge >= 0.3 is 0 Å². The van der Waals surface area contributed by atoms with Crippen LogP contribution in [0.25, 0.3) is 0 Å². The summed E-state index contributed by atoms with van der Waals surface area (Å²) in [6.07, 6.45) is 4.71. The first-order valence-electron chi connectivity index (χ1n) is 8.30. The Balaban J connectivity index is 2.08. The fraction of sp³-hybridized carbons (Fsp3) is 0.824. The Hall–Kier alpha value is -0.830. The number of hydrogen-bond donors (Lipinski definition) is 1.